The number of quaternary nitrogens is 1. The highest BCUT2D eigenvalue weighted by Gasteiger charge is 2.27. The first-order valence-electron chi connectivity index (χ1n) is 5.88. The van der Waals surface area contributed by atoms with E-state index in [4.69, 9.17) is 9.90 Å². The van der Waals surface area contributed by atoms with Crippen LogP contribution in [0.4, 0.5) is 0 Å². The fraction of sp³-hybridized carbons (Fsp3) is 0.500. The molecule has 1 aromatic carbocycles. The third kappa shape index (κ3) is 6.37. The Morgan fingerprint density at radius 1 is 1.22 bits per heavy atom. The van der Waals surface area contributed by atoms with Crippen LogP contribution in [-0.4, -0.2) is 42.7 Å². The summed E-state index contributed by atoms with van der Waals surface area (Å²) < 4.78 is 0.760. The van der Waals surface area contributed by atoms with E-state index in [1.807, 2.05) is 30.3 Å². The third-order valence-electron chi connectivity index (χ3n) is 2.82. The van der Waals surface area contributed by atoms with Crippen molar-refractivity contribution in [2.24, 2.45) is 0 Å². The first kappa shape index (κ1) is 16.6. The number of aliphatic carboxylic acids is 1. The summed E-state index contributed by atoms with van der Waals surface area (Å²) in [5, 5.41) is 19.0. The first-order chi connectivity index (χ1) is 8.16. The van der Waals surface area contributed by atoms with Crippen LogP contribution in [0, 0.1) is 0 Å². The van der Waals surface area contributed by atoms with Crippen LogP contribution in [0.25, 0.3) is 0 Å². The second-order valence-electron chi connectivity index (χ2n) is 5.20. The van der Waals surface area contributed by atoms with Crippen molar-refractivity contribution in [3.63, 3.8) is 0 Å². The number of carbonyl (C=O) groups is 1. The Morgan fingerprint density at radius 2 is 1.61 bits per heavy atom. The van der Waals surface area contributed by atoms with Crippen LogP contribution in [0.3, 0.4) is 0 Å². The van der Waals surface area contributed by atoms with Gasteiger partial charge in [0, 0.05) is 5.97 Å². The van der Waals surface area contributed by atoms with Crippen molar-refractivity contribution in [1.82, 2.24) is 0 Å². The summed E-state index contributed by atoms with van der Waals surface area (Å²) in [7, 11) is 6.28. The fourth-order valence-corrected chi connectivity index (χ4v) is 1.35. The average molecular weight is 253 g/mol. The molecule has 0 aliphatic rings. The van der Waals surface area contributed by atoms with Crippen molar-refractivity contribution in [3.8, 4) is 0 Å². The summed E-state index contributed by atoms with van der Waals surface area (Å²) >= 11 is 0. The monoisotopic (exact) mass is 253 g/mol. The van der Waals surface area contributed by atoms with Gasteiger partial charge in [0.05, 0.1) is 21.1 Å². The fourth-order valence-electron chi connectivity index (χ4n) is 1.35. The van der Waals surface area contributed by atoms with Crippen LogP contribution in [0.15, 0.2) is 30.3 Å². The van der Waals surface area contributed by atoms with E-state index < -0.39 is 12.1 Å². The molecule has 0 aliphatic carbocycles. The second kappa shape index (κ2) is 7.13. The van der Waals surface area contributed by atoms with E-state index >= 15 is 0 Å². The van der Waals surface area contributed by atoms with Crippen LogP contribution in [0.2, 0.25) is 0 Å². The number of benzene rings is 1. The number of nitrogens with zero attached hydrogens (tertiary/aromatic N) is 1. The molecule has 2 unspecified atom stereocenters. The molecule has 0 bridgehead atoms. The Kier molecular flexibility index (Phi) is 6.58. The number of rotatable bonds is 3. The van der Waals surface area contributed by atoms with Crippen LogP contribution in [0.1, 0.15) is 25.5 Å². The Bertz CT molecular complexity index is 353. The molecule has 1 rings (SSSR count). The van der Waals surface area contributed by atoms with Crippen molar-refractivity contribution in [1.29, 1.82) is 0 Å². The number of aliphatic hydroxyl groups excluding tert-OH is 1. The van der Waals surface area contributed by atoms with E-state index in [2.05, 4.69) is 28.1 Å². The lowest BCUT2D eigenvalue weighted by atomic mass is 10.0. The van der Waals surface area contributed by atoms with E-state index in [0.717, 1.165) is 17.0 Å². The smallest absolute Gasteiger partial charge is 0.130 e. The quantitative estimate of drug-likeness (QED) is 0.801. The highest BCUT2D eigenvalue weighted by atomic mass is 16.4. The summed E-state index contributed by atoms with van der Waals surface area (Å²) in [5.41, 5.74) is 0.994. The van der Waals surface area contributed by atoms with Gasteiger partial charge in [0.1, 0.15) is 12.1 Å². The van der Waals surface area contributed by atoms with Gasteiger partial charge >= 0.3 is 0 Å². The summed E-state index contributed by atoms with van der Waals surface area (Å²) in [6.07, 6.45) is -0.392. The Balaban J connectivity index is 0.000000631. The molecule has 0 amide bonds. The zero-order valence-electron chi connectivity index (χ0n) is 11.8. The number of hydrogen-bond acceptors (Lipinski definition) is 3. The zero-order chi connectivity index (χ0) is 14.3. The number of carbonyl (C=O) groups excluding carboxylic acids is 1. The summed E-state index contributed by atoms with van der Waals surface area (Å²) in [5.74, 6) is -1.08. The van der Waals surface area contributed by atoms with Gasteiger partial charge in [-0.15, -0.1) is 0 Å². The molecule has 0 aromatic heterocycles. The predicted octanol–water partition coefficient (Wildman–Crippen LogP) is 0.571. The van der Waals surface area contributed by atoms with Gasteiger partial charge in [-0.05, 0) is 19.4 Å². The first-order valence-corrected chi connectivity index (χ1v) is 5.88. The largest absolute Gasteiger partial charge is 0.550 e. The molecular weight excluding hydrogens is 230 g/mol. The lowest BCUT2D eigenvalue weighted by Crippen LogP contribution is -2.46. The molecule has 0 aliphatic heterocycles. The molecule has 1 N–H and O–H groups in total. The lowest BCUT2D eigenvalue weighted by molar-refractivity contribution is -0.898. The van der Waals surface area contributed by atoms with Crippen molar-refractivity contribution in [2.45, 2.75) is 26.0 Å². The minimum atomic E-state index is -1.08. The number of likely N-dealkylation sites (N-methyl/N-ethyl adjacent to an activating group) is 1. The van der Waals surface area contributed by atoms with Gasteiger partial charge in [0.25, 0.3) is 0 Å². The molecule has 1 aromatic rings. The molecule has 0 saturated carbocycles. The number of hydrogen-bond donors (Lipinski definition) is 1. The molecule has 102 valence electrons. The topological polar surface area (TPSA) is 60.4 Å². The average Bonchev–Trinajstić information content (AvgIpc) is 2.26. The van der Waals surface area contributed by atoms with E-state index in [-0.39, 0.29) is 6.04 Å². The van der Waals surface area contributed by atoms with Crippen molar-refractivity contribution >= 4 is 5.97 Å². The molecule has 0 heterocycles. The minimum absolute atomic E-state index is 0.192. The standard InChI is InChI=1S/C12H20NO.C2H4O2/c1-10(13(2,3)4)12(14)11-8-6-5-7-9-11;1-2(3)4/h5-10,12,14H,1-4H3;1H3,(H,3,4)/q+1;/p-1. The van der Waals surface area contributed by atoms with Crippen LogP contribution in [-0.2, 0) is 4.79 Å². The maximum absolute atomic E-state index is 10.1. The molecular formula is C14H23NO3. The summed E-state index contributed by atoms with van der Waals surface area (Å²) in [6.45, 7) is 3.04. The van der Waals surface area contributed by atoms with Gasteiger partial charge in [-0.3, -0.25) is 0 Å². The van der Waals surface area contributed by atoms with E-state index in [0.29, 0.717) is 0 Å². The summed E-state index contributed by atoms with van der Waals surface area (Å²) in [6, 6.07) is 10.0. The molecule has 0 fully saturated rings. The lowest BCUT2D eigenvalue weighted by Gasteiger charge is -2.34. The normalized spacial score (nSPS) is 14.1. The third-order valence-corrected chi connectivity index (χ3v) is 2.82. The number of carboxylic acids is 1. The van der Waals surface area contributed by atoms with Crippen LogP contribution in [0.5, 0.6) is 0 Å². The molecule has 4 nitrogen and oxygen atoms in total. The van der Waals surface area contributed by atoms with E-state index in [1.54, 1.807) is 0 Å². The minimum Gasteiger partial charge on any atom is -0.550 e. The van der Waals surface area contributed by atoms with Gasteiger partial charge in [-0.25, -0.2) is 0 Å². The Morgan fingerprint density at radius 3 is 1.94 bits per heavy atom. The van der Waals surface area contributed by atoms with Gasteiger partial charge in [0.2, 0.25) is 0 Å². The summed E-state index contributed by atoms with van der Waals surface area (Å²) in [4.78, 5) is 8.89. The molecule has 2 atom stereocenters. The Hall–Kier alpha value is -1.39. The van der Waals surface area contributed by atoms with E-state index in [1.165, 1.54) is 0 Å². The van der Waals surface area contributed by atoms with Gasteiger partial charge in [0.15, 0.2) is 0 Å². The van der Waals surface area contributed by atoms with Gasteiger partial charge in [-0.1, -0.05) is 30.3 Å². The predicted molar refractivity (Wildman–Crippen MR) is 69.6 cm³/mol. The van der Waals surface area contributed by atoms with Gasteiger partial charge in [-0.2, -0.15) is 0 Å². The second-order valence-corrected chi connectivity index (χ2v) is 5.20. The van der Waals surface area contributed by atoms with E-state index in [9.17, 15) is 5.11 Å². The van der Waals surface area contributed by atoms with Gasteiger partial charge < -0.3 is 19.5 Å². The number of aliphatic hydroxyl groups is 1. The Labute approximate surface area is 109 Å². The number of carboxylic acid groups (broad SMARTS) is 1. The molecule has 0 spiro atoms. The maximum Gasteiger partial charge on any atom is 0.130 e. The maximum atomic E-state index is 10.1. The highest BCUT2D eigenvalue weighted by Crippen LogP contribution is 2.21. The van der Waals surface area contributed by atoms with Crippen molar-refractivity contribution in [2.75, 3.05) is 21.1 Å². The van der Waals surface area contributed by atoms with Crippen molar-refractivity contribution in [3.05, 3.63) is 35.9 Å². The SMILES string of the molecule is CC(=O)[O-].CC(C(O)c1ccccc1)[N+](C)(C)C. The zero-order valence-corrected chi connectivity index (χ0v) is 11.8. The van der Waals surface area contributed by atoms with Crippen LogP contribution >= 0.6 is 0 Å². The molecule has 0 radical (unpaired) electrons. The molecule has 18 heavy (non-hydrogen) atoms. The molecule has 4 heteroatoms. The molecule has 0 saturated heterocycles. The van der Waals surface area contributed by atoms with Crippen molar-refractivity contribution < 1.29 is 19.5 Å². The highest BCUT2D eigenvalue weighted by molar-refractivity contribution is 5.60. The van der Waals surface area contributed by atoms with Crippen LogP contribution < -0.4 is 5.11 Å².